The maximum absolute atomic E-state index is 12.2. The maximum atomic E-state index is 12.2. The minimum Gasteiger partial charge on any atom is -0.497 e. The number of benzene rings is 1. The fraction of sp³-hybridized carbons (Fsp3) is 0.556. The minimum atomic E-state index is -0.294. The fourth-order valence-electron chi connectivity index (χ4n) is 2.84. The van der Waals surface area contributed by atoms with Gasteiger partial charge in [-0.2, -0.15) is 0 Å². The summed E-state index contributed by atoms with van der Waals surface area (Å²) in [7, 11) is 1.60. The quantitative estimate of drug-likeness (QED) is 0.674. The lowest BCUT2D eigenvalue weighted by atomic mass is 10.1. The molecule has 1 saturated heterocycles. The molecule has 0 spiro atoms. The molecule has 1 fully saturated rings. The van der Waals surface area contributed by atoms with E-state index in [1.54, 1.807) is 12.0 Å². The number of methoxy groups -OCH3 is 1. The summed E-state index contributed by atoms with van der Waals surface area (Å²) in [4.78, 5) is 26.0. The number of hydrogen-bond donors (Lipinski definition) is 2. The van der Waals surface area contributed by atoms with Crippen LogP contribution in [0.15, 0.2) is 24.3 Å². The molecule has 1 atom stereocenters. The number of unbranched alkanes of at least 4 members (excludes halogenated alkanes) is 3. The van der Waals surface area contributed by atoms with Crippen molar-refractivity contribution in [3.05, 3.63) is 24.3 Å². The van der Waals surface area contributed by atoms with E-state index in [4.69, 9.17) is 9.84 Å². The summed E-state index contributed by atoms with van der Waals surface area (Å²) >= 11 is 0. The third kappa shape index (κ3) is 4.96. The van der Waals surface area contributed by atoms with E-state index in [1.165, 1.54) is 0 Å². The first kappa shape index (κ1) is 18.3. The van der Waals surface area contributed by atoms with Gasteiger partial charge in [-0.1, -0.05) is 12.8 Å². The average Bonchev–Trinajstić information content (AvgIpc) is 3.00. The number of aliphatic hydroxyl groups is 1. The molecule has 1 heterocycles. The van der Waals surface area contributed by atoms with Crippen LogP contribution in [0.1, 0.15) is 32.1 Å². The van der Waals surface area contributed by atoms with Crippen molar-refractivity contribution in [1.29, 1.82) is 0 Å². The van der Waals surface area contributed by atoms with E-state index in [-0.39, 0.29) is 30.8 Å². The number of carbonyl (C=O) groups excluding carboxylic acids is 2. The van der Waals surface area contributed by atoms with Crippen molar-refractivity contribution in [1.82, 2.24) is 5.32 Å². The number of nitrogens with zero attached hydrogens (tertiary/aromatic N) is 1. The molecule has 1 aliphatic rings. The zero-order valence-electron chi connectivity index (χ0n) is 14.2. The van der Waals surface area contributed by atoms with Gasteiger partial charge in [0.15, 0.2) is 0 Å². The van der Waals surface area contributed by atoms with Gasteiger partial charge in [0.05, 0.1) is 13.0 Å². The van der Waals surface area contributed by atoms with Crippen LogP contribution in [0.3, 0.4) is 0 Å². The summed E-state index contributed by atoms with van der Waals surface area (Å²) in [5.41, 5.74) is 0.792. The largest absolute Gasteiger partial charge is 0.497 e. The third-order valence-electron chi connectivity index (χ3n) is 4.26. The van der Waals surface area contributed by atoms with E-state index >= 15 is 0 Å². The molecule has 6 nitrogen and oxygen atoms in total. The van der Waals surface area contributed by atoms with E-state index in [0.717, 1.165) is 37.1 Å². The first-order chi connectivity index (χ1) is 11.7. The Kier molecular flexibility index (Phi) is 7.06. The Morgan fingerprint density at radius 2 is 1.96 bits per heavy atom. The monoisotopic (exact) mass is 334 g/mol. The minimum absolute atomic E-state index is 0.0248. The smallest absolute Gasteiger partial charge is 0.227 e. The Labute approximate surface area is 142 Å². The van der Waals surface area contributed by atoms with Gasteiger partial charge < -0.3 is 20.1 Å². The van der Waals surface area contributed by atoms with Crippen LogP contribution in [0.25, 0.3) is 0 Å². The van der Waals surface area contributed by atoms with E-state index < -0.39 is 0 Å². The zero-order valence-corrected chi connectivity index (χ0v) is 14.2. The first-order valence-corrected chi connectivity index (χ1v) is 8.48. The Hall–Kier alpha value is -2.08. The molecule has 2 rings (SSSR count). The van der Waals surface area contributed by atoms with Gasteiger partial charge in [0.1, 0.15) is 5.75 Å². The molecule has 2 N–H and O–H groups in total. The Morgan fingerprint density at radius 1 is 1.25 bits per heavy atom. The number of hydrogen-bond acceptors (Lipinski definition) is 4. The summed E-state index contributed by atoms with van der Waals surface area (Å²) in [6.45, 7) is 1.26. The van der Waals surface area contributed by atoms with Crippen LogP contribution in [0.4, 0.5) is 5.69 Å². The van der Waals surface area contributed by atoms with Gasteiger partial charge in [-0.25, -0.2) is 0 Å². The molecule has 0 saturated carbocycles. The molecule has 24 heavy (non-hydrogen) atoms. The van der Waals surface area contributed by atoms with Crippen LogP contribution >= 0.6 is 0 Å². The first-order valence-electron chi connectivity index (χ1n) is 8.48. The van der Waals surface area contributed by atoms with E-state index in [1.807, 2.05) is 24.3 Å². The highest BCUT2D eigenvalue weighted by Gasteiger charge is 2.34. The molecule has 1 aromatic carbocycles. The predicted molar refractivity (Wildman–Crippen MR) is 92.0 cm³/mol. The van der Waals surface area contributed by atoms with Crippen molar-refractivity contribution in [2.75, 3.05) is 31.7 Å². The SMILES string of the molecule is COc1ccc(N2CC(C(=O)NCCCCCCO)CC2=O)cc1. The van der Waals surface area contributed by atoms with Crippen molar-refractivity contribution in [3.63, 3.8) is 0 Å². The van der Waals surface area contributed by atoms with Crippen LogP contribution in [0.5, 0.6) is 5.75 Å². The van der Waals surface area contributed by atoms with Crippen LogP contribution in [-0.2, 0) is 9.59 Å². The molecule has 132 valence electrons. The molecular formula is C18H26N2O4. The summed E-state index contributed by atoms with van der Waals surface area (Å²) in [5.74, 6) is 0.364. The number of ether oxygens (including phenoxy) is 1. The van der Waals surface area contributed by atoms with Gasteiger partial charge in [0, 0.05) is 31.8 Å². The van der Waals surface area contributed by atoms with E-state index in [9.17, 15) is 9.59 Å². The van der Waals surface area contributed by atoms with Crippen molar-refractivity contribution < 1.29 is 19.4 Å². The lowest BCUT2D eigenvalue weighted by molar-refractivity contribution is -0.126. The van der Waals surface area contributed by atoms with Crippen LogP contribution in [0, 0.1) is 5.92 Å². The molecule has 0 aromatic heterocycles. The second-order valence-electron chi connectivity index (χ2n) is 6.03. The number of amides is 2. The summed E-state index contributed by atoms with van der Waals surface area (Å²) in [6, 6.07) is 7.28. The van der Waals surface area contributed by atoms with E-state index in [0.29, 0.717) is 13.1 Å². The van der Waals surface area contributed by atoms with Gasteiger partial charge >= 0.3 is 0 Å². The van der Waals surface area contributed by atoms with Gasteiger partial charge in [0.2, 0.25) is 11.8 Å². The third-order valence-corrected chi connectivity index (χ3v) is 4.26. The Balaban J connectivity index is 1.79. The summed E-state index contributed by atoms with van der Waals surface area (Å²) < 4.78 is 5.12. The average molecular weight is 334 g/mol. The molecule has 0 bridgehead atoms. The number of aliphatic hydroxyl groups excluding tert-OH is 1. The molecule has 2 amide bonds. The highest BCUT2D eigenvalue weighted by atomic mass is 16.5. The second kappa shape index (κ2) is 9.27. The number of anilines is 1. The topological polar surface area (TPSA) is 78.9 Å². The maximum Gasteiger partial charge on any atom is 0.227 e. The lowest BCUT2D eigenvalue weighted by Gasteiger charge is -2.17. The number of nitrogens with one attached hydrogen (secondary N) is 1. The molecular weight excluding hydrogens is 308 g/mol. The summed E-state index contributed by atoms with van der Waals surface area (Å²) in [6.07, 6.45) is 3.92. The zero-order chi connectivity index (χ0) is 17.4. The lowest BCUT2D eigenvalue weighted by Crippen LogP contribution is -2.33. The molecule has 1 aliphatic heterocycles. The molecule has 0 aliphatic carbocycles. The van der Waals surface area contributed by atoms with Crippen molar-refractivity contribution >= 4 is 17.5 Å². The van der Waals surface area contributed by atoms with Gasteiger partial charge in [-0.3, -0.25) is 9.59 Å². The molecule has 0 radical (unpaired) electrons. The van der Waals surface area contributed by atoms with E-state index in [2.05, 4.69) is 5.32 Å². The van der Waals surface area contributed by atoms with Crippen LogP contribution < -0.4 is 15.0 Å². The summed E-state index contributed by atoms with van der Waals surface area (Å²) in [5, 5.41) is 11.6. The van der Waals surface area contributed by atoms with Gasteiger partial charge in [-0.15, -0.1) is 0 Å². The van der Waals surface area contributed by atoms with Crippen LogP contribution in [-0.4, -0.2) is 43.7 Å². The normalized spacial score (nSPS) is 17.2. The number of rotatable bonds is 9. The van der Waals surface area contributed by atoms with Crippen molar-refractivity contribution in [2.24, 2.45) is 5.92 Å². The van der Waals surface area contributed by atoms with Gasteiger partial charge in [-0.05, 0) is 37.1 Å². The fourth-order valence-corrected chi connectivity index (χ4v) is 2.84. The predicted octanol–water partition coefficient (Wildman–Crippen LogP) is 1.72. The highest BCUT2D eigenvalue weighted by Crippen LogP contribution is 2.26. The second-order valence-corrected chi connectivity index (χ2v) is 6.03. The Bertz CT molecular complexity index is 544. The Morgan fingerprint density at radius 3 is 2.62 bits per heavy atom. The van der Waals surface area contributed by atoms with Crippen molar-refractivity contribution in [3.8, 4) is 5.75 Å². The standard InChI is InChI=1S/C18H26N2O4/c1-24-16-8-6-15(7-9-16)20-13-14(12-17(20)22)18(23)19-10-4-2-3-5-11-21/h6-9,14,21H,2-5,10-13H2,1H3,(H,19,23). The molecule has 6 heteroatoms. The van der Waals surface area contributed by atoms with Crippen molar-refractivity contribution in [2.45, 2.75) is 32.1 Å². The van der Waals surface area contributed by atoms with Gasteiger partial charge in [0.25, 0.3) is 0 Å². The highest BCUT2D eigenvalue weighted by molar-refractivity contribution is 6.00. The van der Waals surface area contributed by atoms with Crippen LogP contribution in [0.2, 0.25) is 0 Å². The molecule has 1 aromatic rings. The number of carbonyl (C=O) groups is 2. The molecule has 1 unspecified atom stereocenters.